The van der Waals surface area contributed by atoms with Crippen molar-refractivity contribution in [2.75, 3.05) is 38.8 Å². The Hall–Kier alpha value is -3.26. The number of aliphatic carboxylic acids is 1. The van der Waals surface area contributed by atoms with Gasteiger partial charge in [0.2, 0.25) is 0 Å². The SMILES string of the molecule is CCOC(Cc1ccc(OC)c(OCCN(C)c2nc3ccccc3o2)c1)C(=O)O. The molecular formula is C22H26N2O6. The van der Waals surface area contributed by atoms with Gasteiger partial charge in [-0.2, -0.15) is 4.98 Å². The molecule has 0 aliphatic carbocycles. The smallest absolute Gasteiger partial charge is 0.333 e. The number of anilines is 1. The highest BCUT2D eigenvalue weighted by Gasteiger charge is 2.19. The number of methoxy groups -OCH3 is 1. The van der Waals surface area contributed by atoms with Crippen molar-refractivity contribution in [1.82, 2.24) is 4.98 Å². The Labute approximate surface area is 175 Å². The Kier molecular flexibility index (Phi) is 7.13. The van der Waals surface area contributed by atoms with Crippen LogP contribution in [0.5, 0.6) is 11.5 Å². The molecule has 0 radical (unpaired) electrons. The molecule has 8 nitrogen and oxygen atoms in total. The summed E-state index contributed by atoms with van der Waals surface area (Å²) >= 11 is 0. The van der Waals surface area contributed by atoms with Crippen LogP contribution >= 0.6 is 0 Å². The normalized spacial score (nSPS) is 12.0. The third kappa shape index (κ3) is 5.21. The number of carboxylic acid groups (broad SMARTS) is 1. The molecule has 0 spiro atoms. The largest absolute Gasteiger partial charge is 0.493 e. The van der Waals surface area contributed by atoms with Gasteiger partial charge in [-0.05, 0) is 36.8 Å². The monoisotopic (exact) mass is 414 g/mol. The molecule has 0 amide bonds. The van der Waals surface area contributed by atoms with Gasteiger partial charge in [-0.3, -0.25) is 0 Å². The fraction of sp³-hybridized carbons (Fsp3) is 0.364. The molecule has 8 heteroatoms. The van der Waals surface area contributed by atoms with Gasteiger partial charge in [0.05, 0.1) is 13.7 Å². The van der Waals surface area contributed by atoms with Crippen LogP contribution in [-0.2, 0) is 16.0 Å². The number of ether oxygens (including phenoxy) is 3. The molecule has 0 saturated heterocycles. The molecular weight excluding hydrogens is 388 g/mol. The van der Waals surface area contributed by atoms with E-state index in [1.54, 1.807) is 26.2 Å². The minimum atomic E-state index is -0.991. The Morgan fingerprint density at radius 2 is 2.03 bits per heavy atom. The second kappa shape index (κ2) is 9.98. The third-order valence-corrected chi connectivity index (χ3v) is 4.59. The van der Waals surface area contributed by atoms with Crippen molar-refractivity contribution < 1.29 is 28.5 Å². The average molecular weight is 414 g/mol. The number of benzene rings is 2. The maximum Gasteiger partial charge on any atom is 0.333 e. The zero-order chi connectivity index (χ0) is 21.5. The van der Waals surface area contributed by atoms with E-state index >= 15 is 0 Å². The predicted molar refractivity (Wildman–Crippen MR) is 113 cm³/mol. The van der Waals surface area contributed by atoms with E-state index in [1.807, 2.05) is 42.3 Å². The van der Waals surface area contributed by atoms with Crippen LogP contribution in [0.4, 0.5) is 6.01 Å². The fourth-order valence-electron chi connectivity index (χ4n) is 3.01. The number of fused-ring (bicyclic) bond motifs is 1. The van der Waals surface area contributed by atoms with Crippen LogP contribution in [0.15, 0.2) is 46.9 Å². The number of hydrogen-bond acceptors (Lipinski definition) is 7. The van der Waals surface area contributed by atoms with Gasteiger partial charge in [-0.15, -0.1) is 0 Å². The van der Waals surface area contributed by atoms with E-state index in [0.29, 0.717) is 37.3 Å². The van der Waals surface area contributed by atoms with Gasteiger partial charge < -0.3 is 28.6 Å². The maximum atomic E-state index is 11.3. The predicted octanol–water partition coefficient (Wildman–Crippen LogP) is 3.38. The van der Waals surface area contributed by atoms with Crippen LogP contribution in [0.3, 0.4) is 0 Å². The number of para-hydroxylation sites is 2. The lowest BCUT2D eigenvalue weighted by atomic mass is 10.1. The number of hydrogen-bond donors (Lipinski definition) is 1. The van der Waals surface area contributed by atoms with Crippen molar-refractivity contribution in [1.29, 1.82) is 0 Å². The summed E-state index contributed by atoms with van der Waals surface area (Å²) in [6.45, 7) is 3.00. The highest BCUT2D eigenvalue weighted by Crippen LogP contribution is 2.29. The van der Waals surface area contributed by atoms with E-state index < -0.39 is 12.1 Å². The Bertz CT molecular complexity index is 954. The van der Waals surface area contributed by atoms with Gasteiger partial charge in [0.1, 0.15) is 12.1 Å². The second-order valence-electron chi connectivity index (χ2n) is 6.71. The lowest BCUT2D eigenvalue weighted by Crippen LogP contribution is -2.26. The number of carboxylic acids is 1. The molecule has 1 unspecified atom stereocenters. The quantitative estimate of drug-likeness (QED) is 0.510. The molecule has 1 N–H and O–H groups in total. The minimum Gasteiger partial charge on any atom is -0.493 e. The van der Waals surface area contributed by atoms with Crippen LogP contribution in [0.1, 0.15) is 12.5 Å². The van der Waals surface area contributed by atoms with Crippen LogP contribution in [0.2, 0.25) is 0 Å². The molecule has 0 aliphatic heterocycles. The molecule has 1 heterocycles. The number of likely N-dealkylation sites (N-methyl/N-ethyl adjacent to an activating group) is 1. The number of carbonyl (C=O) groups is 1. The third-order valence-electron chi connectivity index (χ3n) is 4.59. The molecule has 2 aromatic carbocycles. The fourth-order valence-corrected chi connectivity index (χ4v) is 3.01. The van der Waals surface area contributed by atoms with Gasteiger partial charge in [0.15, 0.2) is 23.2 Å². The summed E-state index contributed by atoms with van der Waals surface area (Å²) in [6.07, 6.45) is -0.659. The van der Waals surface area contributed by atoms with Gasteiger partial charge in [0.25, 0.3) is 6.01 Å². The molecule has 3 rings (SSSR count). The van der Waals surface area contributed by atoms with Crippen LogP contribution in [0.25, 0.3) is 11.1 Å². The lowest BCUT2D eigenvalue weighted by Gasteiger charge is -2.17. The van der Waals surface area contributed by atoms with E-state index in [-0.39, 0.29) is 6.42 Å². The van der Waals surface area contributed by atoms with Gasteiger partial charge in [-0.25, -0.2) is 4.79 Å². The Morgan fingerprint density at radius 3 is 2.73 bits per heavy atom. The summed E-state index contributed by atoms with van der Waals surface area (Å²) in [6, 6.07) is 13.5. The molecule has 0 bridgehead atoms. The molecule has 0 fully saturated rings. The van der Waals surface area contributed by atoms with E-state index in [4.69, 9.17) is 18.6 Å². The summed E-state index contributed by atoms with van der Waals surface area (Å²) in [7, 11) is 3.44. The summed E-state index contributed by atoms with van der Waals surface area (Å²) in [5, 5.41) is 9.30. The number of rotatable bonds is 11. The average Bonchev–Trinajstić information content (AvgIpc) is 3.18. The van der Waals surface area contributed by atoms with Crippen LogP contribution in [0, 0.1) is 0 Å². The zero-order valence-corrected chi connectivity index (χ0v) is 17.3. The van der Waals surface area contributed by atoms with Crippen molar-refractivity contribution in [3.05, 3.63) is 48.0 Å². The zero-order valence-electron chi connectivity index (χ0n) is 17.3. The Balaban J connectivity index is 1.63. The van der Waals surface area contributed by atoms with Gasteiger partial charge >= 0.3 is 5.97 Å². The molecule has 160 valence electrons. The molecule has 3 aromatic rings. The van der Waals surface area contributed by atoms with E-state index in [2.05, 4.69) is 4.98 Å². The molecule has 0 aliphatic rings. The molecule has 30 heavy (non-hydrogen) atoms. The maximum absolute atomic E-state index is 11.3. The van der Waals surface area contributed by atoms with Crippen molar-refractivity contribution in [2.45, 2.75) is 19.4 Å². The first-order chi connectivity index (χ1) is 14.5. The van der Waals surface area contributed by atoms with Crippen molar-refractivity contribution in [2.24, 2.45) is 0 Å². The number of nitrogens with zero attached hydrogens (tertiary/aromatic N) is 2. The van der Waals surface area contributed by atoms with E-state index in [9.17, 15) is 9.90 Å². The standard InChI is InChI=1S/C22H26N2O6/c1-4-28-20(21(25)26)14-15-9-10-18(27-3)19(13-15)29-12-11-24(2)22-23-16-7-5-6-8-17(16)30-22/h5-10,13,20H,4,11-12,14H2,1-3H3,(H,25,26). The minimum absolute atomic E-state index is 0.242. The summed E-state index contributed by atoms with van der Waals surface area (Å²) < 4.78 is 22.3. The van der Waals surface area contributed by atoms with E-state index in [0.717, 1.165) is 16.7 Å². The summed E-state index contributed by atoms with van der Waals surface area (Å²) in [4.78, 5) is 17.7. The first-order valence-corrected chi connectivity index (χ1v) is 9.72. The molecule has 1 aromatic heterocycles. The highest BCUT2D eigenvalue weighted by molar-refractivity contribution is 5.74. The summed E-state index contributed by atoms with van der Waals surface area (Å²) in [5.74, 6) is 0.128. The van der Waals surface area contributed by atoms with Gasteiger partial charge in [-0.1, -0.05) is 18.2 Å². The topological polar surface area (TPSA) is 94.3 Å². The molecule has 1 atom stereocenters. The van der Waals surface area contributed by atoms with Gasteiger partial charge in [0, 0.05) is 20.1 Å². The number of aromatic nitrogens is 1. The highest BCUT2D eigenvalue weighted by atomic mass is 16.5. The van der Waals surface area contributed by atoms with E-state index in [1.165, 1.54) is 0 Å². The molecule has 0 saturated carbocycles. The first-order valence-electron chi connectivity index (χ1n) is 9.72. The van der Waals surface area contributed by atoms with Crippen molar-refractivity contribution >= 4 is 23.1 Å². The lowest BCUT2D eigenvalue weighted by molar-refractivity contribution is -0.149. The first kappa shape index (κ1) is 21.4. The summed E-state index contributed by atoms with van der Waals surface area (Å²) in [5.41, 5.74) is 2.33. The van der Waals surface area contributed by atoms with Crippen molar-refractivity contribution in [3.63, 3.8) is 0 Å². The Morgan fingerprint density at radius 1 is 1.23 bits per heavy atom. The second-order valence-corrected chi connectivity index (χ2v) is 6.71. The van der Waals surface area contributed by atoms with Crippen LogP contribution < -0.4 is 14.4 Å². The number of oxazole rings is 1. The van der Waals surface area contributed by atoms with Crippen LogP contribution in [-0.4, -0.2) is 56.1 Å². The van der Waals surface area contributed by atoms with Crippen molar-refractivity contribution in [3.8, 4) is 11.5 Å².